The van der Waals surface area contributed by atoms with Crippen LogP contribution in [0, 0.1) is 45.3 Å². The Hall–Kier alpha value is -1.18. The third kappa shape index (κ3) is 10.9. The van der Waals surface area contributed by atoms with Gasteiger partial charge in [-0.3, -0.25) is 0 Å². The van der Waals surface area contributed by atoms with Gasteiger partial charge in [-0.15, -0.1) is 0 Å². The van der Waals surface area contributed by atoms with Crippen LogP contribution < -0.4 is 0 Å². The number of aliphatic hydroxyl groups is 15. The topological polar surface area (TPSA) is 377 Å². The van der Waals surface area contributed by atoms with Crippen LogP contribution in [0.25, 0.3) is 0 Å². The molecular formula is C54H92O23. The standard InChI is InChI=1S/C54H92O23/c1-23(2)10-9-14-54(8,77-48-44(69)40(65)37(62)29(74-48)22-70-46-42(67)38(63)34(59)26(19-55)71-46)24-11-16-53(7)33(24)25(58)18-31-51(5)15-13-32(50(3,4)30(51)12-17-52(31,53)6)75-49-45(41(66)36(61)28(21-57)73-49)76-47-43(68)39(64)35(60)27(20-56)72-47/h10,24-49,55-69H,9,11-22H2,1-8H3/t24?,25-,26-,27-,28-,29-,30+,31-,32+,33+,34-,35-,36-,37-,38+,39+,40+,41+,42-,43-,44-,45-,46-,47+,48+,49+,51+,52-,53-,54+/m1/s1. The number of ether oxygens (including phenoxy) is 8. The zero-order valence-electron chi connectivity index (χ0n) is 45.8. The molecule has 30 atom stereocenters. The molecule has 0 aromatic carbocycles. The molecule has 23 heteroatoms. The van der Waals surface area contributed by atoms with Crippen molar-refractivity contribution in [3.05, 3.63) is 11.6 Å². The normalized spacial score (nSPS) is 52.7. The van der Waals surface area contributed by atoms with Crippen molar-refractivity contribution in [1.82, 2.24) is 0 Å². The predicted octanol–water partition coefficient (Wildman–Crippen LogP) is -2.20. The molecule has 0 radical (unpaired) electrons. The van der Waals surface area contributed by atoms with Gasteiger partial charge in [0, 0.05) is 0 Å². The monoisotopic (exact) mass is 1110 g/mol. The van der Waals surface area contributed by atoms with Crippen molar-refractivity contribution in [3.8, 4) is 0 Å². The number of hydrogen-bond acceptors (Lipinski definition) is 23. The molecule has 1 unspecified atom stereocenters. The van der Waals surface area contributed by atoms with E-state index in [0.29, 0.717) is 38.5 Å². The summed E-state index contributed by atoms with van der Waals surface area (Å²) >= 11 is 0. The summed E-state index contributed by atoms with van der Waals surface area (Å²) in [5.41, 5.74) is -1.59. The van der Waals surface area contributed by atoms with Crippen molar-refractivity contribution >= 4 is 0 Å². The SMILES string of the molecule is CC(C)=CCC[C@](C)(O[C@@H]1O[C@H](CO[C@@H]2O[C@H](CO)[C@@H](O)[C@H](O)[C@H]2O)[C@@H](O)[C@H](O)[C@H]1O)C1CC[C@]2(C)[C@@H]1[C@H](O)C[C@@H]1[C@@]3(C)CC[C@H](O[C@@H]4O[C@H](CO)[C@@H](O)[C@H](O)[C@H]4O[C@@H]4O[C@H](CO)[C@@H](O)[C@H](O)[C@H]4O)C(C)(C)[C@@H]3CC[C@]12C. The van der Waals surface area contributed by atoms with Gasteiger partial charge in [0.05, 0.1) is 44.2 Å². The van der Waals surface area contributed by atoms with Gasteiger partial charge in [0.25, 0.3) is 0 Å². The first kappa shape index (κ1) is 61.9. The summed E-state index contributed by atoms with van der Waals surface area (Å²) in [5, 5.41) is 162. The quantitative estimate of drug-likeness (QED) is 0.0576. The molecule has 0 amide bonds. The molecule has 0 aromatic heterocycles. The zero-order valence-corrected chi connectivity index (χ0v) is 45.8. The van der Waals surface area contributed by atoms with Gasteiger partial charge in [-0.25, -0.2) is 0 Å². The lowest BCUT2D eigenvalue weighted by atomic mass is 9.35. The first-order valence-electron chi connectivity index (χ1n) is 27.9. The van der Waals surface area contributed by atoms with Crippen LogP contribution in [0.5, 0.6) is 0 Å². The average molecular weight is 1110 g/mol. The molecule has 446 valence electrons. The number of rotatable bonds is 16. The lowest BCUT2D eigenvalue weighted by molar-refractivity contribution is -0.378. The predicted molar refractivity (Wildman–Crippen MR) is 266 cm³/mol. The van der Waals surface area contributed by atoms with E-state index >= 15 is 0 Å². The van der Waals surface area contributed by atoms with Crippen molar-refractivity contribution in [3.63, 3.8) is 0 Å². The number of aliphatic hydroxyl groups excluding tert-OH is 15. The maximum absolute atomic E-state index is 12.8. The fourth-order valence-corrected chi connectivity index (χ4v) is 16.3. The lowest BCUT2D eigenvalue weighted by Gasteiger charge is -2.71. The number of hydrogen-bond donors (Lipinski definition) is 15. The van der Waals surface area contributed by atoms with Crippen molar-refractivity contribution < 1.29 is 114 Å². The van der Waals surface area contributed by atoms with E-state index in [1.807, 2.05) is 20.8 Å². The van der Waals surface area contributed by atoms with Gasteiger partial charge in [0.2, 0.25) is 0 Å². The number of allylic oxidation sites excluding steroid dienone is 2. The molecule has 8 aliphatic rings. The lowest BCUT2D eigenvalue weighted by Crippen LogP contribution is -2.68. The second-order valence-corrected chi connectivity index (χ2v) is 25.7. The fraction of sp³-hybridized carbons (Fsp3) is 0.963. The highest BCUT2D eigenvalue weighted by Crippen LogP contribution is 2.76. The molecule has 0 bridgehead atoms. The maximum Gasteiger partial charge on any atom is 0.187 e. The van der Waals surface area contributed by atoms with Crippen LogP contribution >= 0.6 is 0 Å². The summed E-state index contributed by atoms with van der Waals surface area (Å²) < 4.78 is 48.9. The third-order valence-electron chi connectivity index (χ3n) is 20.9. The first-order valence-corrected chi connectivity index (χ1v) is 27.9. The second-order valence-electron chi connectivity index (χ2n) is 25.7. The fourth-order valence-electron chi connectivity index (χ4n) is 16.3. The van der Waals surface area contributed by atoms with Crippen LogP contribution in [-0.4, -0.2) is 244 Å². The van der Waals surface area contributed by atoms with Crippen molar-refractivity contribution in [2.24, 2.45) is 45.3 Å². The van der Waals surface area contributed by atoms with E-state index in [1.165, 1.54) is 0 Å². The molecule has 0 spiro atoms. The Morgan fingerprint density at radius 3 is 1.64 bits per heavy atom. The van der Waals surface area contributed by atoms with Gasteiger partial charge in [-0.2, -0.15) is 0 Å². The molecule has 23 nitrogen and oxygen atoms in total. The highest BCUT2D eigenvalue weighted by atomic mass is 16.8. The Kier molecular flexibility index (Phi) is 18.9. The van der Waals surface area contributed by atoms with Gasteiger partial charge < -0.3 is 114 Å². The molecule has 77 heavy (non-hydrogen) atoms. The second kappa shape index (κ2) is 23.5. The first-order chi connectivity index (χ1) is 36.0. The molecule has 4 aliphatic heterocycles. The summed E-state index contributed by atoms with van der Waals surface area (Å²) in [7, 11) is 0. The van der Waals surface area contributed by atoms with E-state index in [9.17, 15) is 76.6 Å². The largest absolute Gasteiger partial charge is 0.394 e. The Morgan fingerprint density at radius 2 is 1.05 bits per heavy atom. The van der Waals surface area contributed by atoms with Gasteiger partial charge >= 0.3 is 0 Å². The minimum absolute atomic E-state index is 0.0374. The summed E-state index contributed by atoms with van der Waals surface area (Å²) in [6.45, 7) is 14.6. The molecule has 4 saturated heterocycles. The smallest absolute Gasteiger partial charge is 0.187 e. The van der Waals surface area contributed by atoms with Crippen LogP contribution in [0.3, 0.4) is 0 Å². The van der Waals surface area contributed by atoms with E-state index in [4.69, 9.17) is 37.9 Å². The van der Waals surface area contributed by atoms with Crippen LogP contribution in [0.15, 0.2) is 11.6 Å². The third-order valence-corrected chi connectivity index (χ3v) is 20.9. The van der Waals surface area contributed by atoms with Crippen molar-refractivity contribution in [2.45, 2.75) is 254 Å². The van der Waals surface area contributed by atoms with Crippen LogP contribution in [-0.2, 0) is 37.9 Å². The van der Waals surface area contributed by atoms with E-state index < -0.39 is 178 Å². The summed E-state index contributed by atoms with van der Waals surface area (Å²) in [4.78, 5) is 0. The summed E-state index contributed by atoms with van der Waals surface area (Å²) in [5.74, 6) is -0.475. The molecule has 4 heterocycles. The minimum atomic E-state index is -1.82. The maximum atomic E-state index is 12.8. The zero-order chi connectivity index (χ0) is 56.6. The Balaban J connectivity index is 1.01. The van der Waals surface area contributed by atoms with E-state index in [1.54, 1.807) is 0 Å². The molecular weight excluding hydrogens is 1020 g/mol. The van der Waals surface area contributed by atoms with E-state index in [2.05, 4.69) is 40.7 Å². The van der Waals surface area contributed by atoms with Gasteiger partial charge in [0.1, 0.15) is 97.7 Å². The van der Waals surface area contributed by atoms with Gasteiger partial charge in [-0.05, 0) is 124 Å². The van der Waals surface area contributed by atoms with Crippen LogP contribution in [0.2, 0.25) is 0 Å². The van der Waals surface area contributed by atoms with E-state index in [-0.39, 0.29) is 34.5 Å². The Bertz CT molecular complexity index is 1990. The number of fused-ring (bicyclic) bond motifs is 5. The summed E-state index contributed by atoms with van der Waals surface area (Å²) in [6.07, 6.45) is -25.2. The van der Waals surface area contributed by atoms with Gasteiger partial charge in [0.15, 0.2) is 25.2 Å². The molecule has 8 fully saturated rings. The van der Waals surface area contributed by atoms with Crippen molar-refractivity contribution in [1.29, 1.82) is 0 Å². The van der Waals surface area contributed by atoms with E-state index in [0.717, 1.165) is 24.8 Å². The molecule has 4 aliphatic carbocycles. The molecule has 0 aromatic rings. The minimum Gasteiger partial charge on any atom is -0.394 e. The molecule has 15 N–H and O–H groups in total. The molecule has 4 saturated carbocycles. The summed E-state index contributed by atoms with van der Waals surface area (Å²) in [6, 6.07) is 0. The Morgan fingerprint density at radius 1 is 0.545 bits per heavy atom. The van der Waals surface area contributed by atoms with Crippen LogP contribution in [0.1, 0.15) is 113 Å². The van der Waals surface area contributed by atoms with Gasteiger partial charge in [-0.1, -0.05) is 46.3 Å². The van der Waals surface area contributed by atoms with Crippen LogP contribution in [0.4, 0.5) is 0 Å². The Labute approximate surface area is 450 Å². The molecule has 8 rings (SSSR count). The highest BCUT2D eigenvalue weighted by Gasteiger charge is 2.72. The average Bonchev–Trinajstić information content (AvgIpc) is 3.96. The van der Waals surface area contributed by atoms with Crippen molar-refractivity contribution in [2.75, 3.05) is 26.4 Å². The highest BCUT2D eigenvalue weighted by molar-refractivity contribution is 5.20.